The van der Waals surface area contributed by atoms with Gasteiger partial charge in [-0.3, -0.25) is 0 Å². The molecule has 1 N–H and O–H groups in total. The first kappa shape index (κ1) is 11.3. The Morgan fingerprint density at radius 1 is 1.69 bits per heavy atom. The molecule has 1 aliphatic rings. The van der Waals surface area contributed by atoms with Crippen LogP contribution in [0, 0.1) is 0 Å². The van der Waals surface area contributed by atoms with E-state index < -0.39 is 13.2 Å². The zero-order valence-corrected chi connectivity index (χ0v) is 9.74. The van der Waals surface area contributed by atoms with Crippen molar-refractivity contribution >= 4 is 18.7 Å². The van der Waals surface area contributed by atoms with Crippen LogP contribution in [0.3, 0.4) is 0 Å². The molecule has 0 amide bonds. The average Bonchev–Trinajstić information content (AvgIpc) is 2.00. The summed E-state index contributed by atoms with van der Waals surface area (Å²) < 4.78 is 12.1. The van der Waals surface area contributed by atoms with Gasteiger partial charge in [-0.1, -0.05) is 18.5 Å². The standard InChI is InChI=1S/C9H16ClO2P/c1-3-4-13(12)5-7(2)9(10)8(11)6-13/h8,11H,3-6H2,1-2H3/t8-,13-/m0/s1. The molecule has 0 unspecified atom stereocenters. The summed E-state index contributed by atoms with van der Waals surface area (Å²) in [5, 5.41) is 10.1. The molecule has 0 spiro atoms. The molecule has 4 heteroatoms. The summed E-state index contributed by atoms with van der Waals surface area (Å²) in [5.41, 5.74) is 0.900. The maximum absolute atomic E-state index is 12.1. The van der Waals surface area contributed by atoms with Crippen LogP contribution in [0.15, 0.2) is 10.6 Å². The van der Waals surface area contributed by atoms with Gasteiger partial charge in [-0.15, -0.1) is 0 Å². The highest BCUT2D eigenvalue weighted by Gasteiger charge is 2.32. The summed E-state index contributed by atoms with van der Waals surface area (Å²) in [6, 6.07) is 0. The lowest BCUT2D eigenvalue weighted by molar-refractivity contribution is 0.238. The van der Waals surface area contributed by atoms with E-state index in [-0.39, 0.29) is 0 Å². The van der Waals surface area contributed by atoms with Crippen molar-refractivity contribution in [2.24, 2.45) is 0 Å². The SMILES string of the molecule is CCC[P@]1(=O)CC(C)=C(Cl)[C@@H](O)C1. The molecule has 0 aliphatic carbocycles. The summed E-state index contributed by atoms with van der Waals surface area (Å²) in [5.74, 6) is 0. The number of halogens is 1. The summed E-state index contributed by atoms with van der Waals surface area (Å²) in [7, 11) is -2.16. The fourth-order valence-electron chi connectivity index (χ4n) is 1.83. The van der Waals surface area contributed by atoms with Gasteiger partial charge in [0.25, 0.3) is 0 Å². The van der Waals surface area contributed by atoms with Crippen molar-refractivity contribution in [3.63, 3.8) is 0 Å². The first-order chi connectivity index (χ1) is 5.98. The summed E-state index contributed by atoms with van der Waals surface area (Å²) in [6.07, 6.45) is 1.92. The van der Waals surface area contributed by atoms with Crippen LogP contribution in [0.2, 0.25) is 0 Å². The normalized spacial score (nSPS) is 35.2. The lowest BCUT2D eigenvalue weighted by Gasteiger charge is -2.27. The predicted octanol–water partition coefficient (Wildman–Crippen LogP) is 2.65. The third-order valence-electron chi connectivity index (χ3n) is 2.36. The third-order valence-corrected chi connectivity index (χ3v) is 6.26. The smallest absolute Gasteiger partial charge is 0.0963 e. The van der Waals surface area contributed by atoms with E-state index in [2.05, 4.69) is 0 Å². The fraction of sp³-hybridized carbons (Fsp3) is 0.778. The van der Waals surface area contributed by atoms with Gasteiger partial charge in [-0.25, -0.2) is 0 Å². The van der Waals surface area contributed by atoms with Gasteiger partial charge in [0.2, 0.25) is 0 Å². The molecular formula is C9H16ClO2P. The Balaban J connectivity index is 2.84. The molecule has 0 aromatic rings. The van der Waals surface area contributed by atoms with Crippen molar-refractivity contribution in [2.45, 2.75) is 26.4 Å². The first-order valence-electron chi connectivity index (χ1n) is 4.59. The molecule has 0 fully saturated rings. The highest BCUT2D eigenvalue weighted by atomic mass is 35.5. The van der Waals surface area contributed by atoms with Gasteiger partial charge in [-0.05, 0) is 18.9 Å². The monoisotopic (exact) mass is 222 g/mol. The molecule has 1 heterocycles. The Morgan fingerprint density at radius 2 is 2.31 bits per heavy atom. The highest BCUT2D eigenvalue weighted by molar-refractivity contribution is 7.64. The van der Waals surface area contributed by atoms with E-state index >= 15 is 0 Å². The number of aliphatic hydroxyl groups excluding tert-OH is 1. The van der Waals surface area contributed by atoms with Crippen molar-refractivity contribution in [1.29, 1.82) is 0 Å². The van der Waals surface area contributed by atoms with E-state index in [0.29, 0.717) is 17.4 Å². The number of aliphatic hydroxyl groups is 1. The average molecular weight is 223 g/mol. The van der Waals surface area contributed by atoms with Gasteiger partial charge in [-0.2, -0.15) is 0 Å². The predicted molar refractivity (Wildman–Crippen MR) is 57.1 cm³/mol. The fourth-order valence-corrected chi connectivity index (χ4v) is 5.31. The van der Waals surface area contributed by atoms with Crippen LogP contribution in [-0.4, -0.2) is 29.7 Å². The van der Waals surface area contributed by atoms with Crippen LogP contribution in [0.5, 0.6) is 0 Å². The molecule has 2 atom stereocenters. The van der Waals surface area contributed by atoms with Crippen LogP contribution in [0.4, 0.5) is 0 Å². The lowest BCUT2D eigenvalue weighted by atomic mass is 10.2. The van der Waals surface area contributed by atoms with Crippen molar-refractivity contribution in [1.82, 2.24) is 0 Å². The molecule has 13 heavy (non-hydrogen) atoms. The van der Waals surface area contributed by atoms with Crippen molar-refractivity contribution in [3.05, 3.63) is 10.6 Å². The first-order valence-corrected chi connectivity index (χ1v) is 7.23. The topological polar surface area (TPSA) is 37.3 Å². The Morgan fingerprint density at radius 3 is 2.77 bits per heavy atom. The third kappa shape index (κ3) is 2.59. The molecule has 0 saturated heterocycles. The van der Waals surface area contributed by atoms with E-state index in [1.165, 1.54) is 0 Å². The van der Waals surface area contributed by atoms with Crippen molar-refractivity contribution in [2.75, 3.05) is 18.5 Å². The molecule has 0 aromatic carbocycles. The minimum absolute atomic E-state index is 0.372. The van der Waals surface area contributed by atoms with Crippen LogP contribution in [0.25, 0.3) is 0 Å². The molecule has 2 nitrogen and oxygen atoms in total. The van der Waals surface area contributed by atoms with E-state index in [9.17, 15) is 9.67 Å². The quantitative estimate of drug-likeness (QED) is 0.730. The summed E-state index contributed by atoms with van der Waals surface area (Å²) in [4.78, 5) is 0. The maximum Gasteiger partial charge on any atom is 0.0963 e. The van der Waals surface area contributed by atoms with E-state index in [1.54, 1.807) is 0 Å². The van der Waals surface area contributed by atoms with Crippen LogP contribution in [-0.2, 0) is 4.57 Å². The van der Waals surface area contributed by atoms with E-state index in [1.807, 2.05) is 13.8 Å². The molecule has 0 radical (unpaired) electrons. The number of allylic oxidation sites excluding steroid dienone is 1. The molecule has 0 bridgehead atoms. The second kappa shape index (κ2) is 4.16. The maximum atomic E-state index is 12.1. The highest BCUT2D eigenvalue weighted by Crippen LogP contribution is 2.52. The summed E-state index contributed by atoms with van der Waals surface area (Å²) in [6.45, 7) is 3.87. The lowest BCUT2D eigenvalue weighted by Crippen LogP contribution is -2.22. The zero-order valence-electron chi connectivity index (χ0n) is 8.09. The Hall–Kier alpha value is 0.220. The number of hydrogen-bond acceptors (Lipinski definition) is 2. The summed E-state index contributed by atoms with van der Waals surface area (Å²) >= 11 is 5.85. The van der Waals surface area contributed by atoms with Gasteiger partial charge in [0.05, 0.1) is 13.2 Å². The minimum Gasteiger partial charge on any atom is -0.387 e. The van der Waals surface area contributed by atoms with Crippen molar-refractivity contribution < 1.29 is 9.67 Å². The van der Waals surface area contributed by atoms with Crippen LogP contribution < -0.4 is 0 Å². The Labute approximate surface area is 84.4 Å². The van der Waals surface area contributed by atoms with Gasteiger partial charge < -0.3 is 9.67 Å². The van der Waals surface area contributed by atoms with Gasteiger partial charge in [0.15, 0.2) is 0 Å². The van der Waals surface area contributed by atoms with E-state index in [0.717, 1.165) is 18.2 Å². The molecule has 0 saturated carbocycles. The Bertz CT molecular complexity index is 273. The zero-order chi connectivity index (χ0) is 10.1. The largest absolute Gasteiger partial charge is 0.387 e. The molecule has 76 valence electrons. The van der Waals surface area contributed by atoms with Gasteiger partial charge in [0, 0.05) is 23.5 Å². The Kier molecular flexibility index (Phi) is 3.62. The second-order valence-electron chi connectivity index (χ2n) is 3.77. The van der Waals surface area contributed by atoms with E-state index in [4.69, 9.17) is 11.6 Å². The van der Waals surface area contributed by atoms with Crippen LogP contribution >= 0.6 is 18.7 Å². The molecule has 1 rings (SSSR count). The van der Waals surface area contributed by atoms with Crippen molar-refractivity contribution in [3.8, 4) is 0 Å². The number of hydrogen-bond donors (Lipinski definition) is 1. The molecule has 0 aromatic heterocycles. The number of rotatable bonds is 2. The van der Waals surface area contributed by atoms with Gasteiger partial charge >= 0.3 is 0 Å². The molecule has 1 aliphatic heterocycles. The minimum atomic E-state index is -2.16. The van der Waals surface area contributed by atoms with Gasteiger partial charge in [0.1, 0.15) is 0 Å². The van der Waals surface area contributed by atoms with Crippen LogP contribution in [0.1, 0.15) is 20.3 Å². The molecular weight excluding hydrogens is 207 g/mol. The second-order valence-corrected chi connectivity index (χ2v) is 7.42.